The van der Waals surface area contributed by atoms with Crippen molar-refractivity contribution in [3.05, 3.63) is 18.0 Å². The zero-order valence-electron chi connectivity index (χ0n) is 12.6. The number of hydrogen-bond donors (Lipinski definition) is 1. The van der Waals surface area contributed by atoms with Crippen LogP contribution in [0, 0.1) is 0 Å². The van der Waals surface area contributed by atoms with E-state index in [2.05, 4.69) is 56.0 Å². The molecule has 0 saturated carbocycles. The molecule has 4 nitrogen and oxygen atoms in total. The largest absolute Gasteiger partial charge is 0.416 e. The standard InChI is InChI=1S/C13H27N3OSi/c1-13(2,3)18(5,6)17-8-7-16(4)11-12-9-14-15-10-12/h9-10H,7-8,11H2,1-6H3,(H,14,15). The highest BCUT2D eigenvalue weighted by molar-refractivity contribution is 6.74. The Kier molecular flexibility index (Phi) is 5.13. The molecule has 1 heterocycles. The molecule has 0 aliphatic heterocycles. The molecule has 1 aromatic rings. The molecule has 0 unspecified atom stereocenters. The molecule has 0 bridgehead atoms. The third kappa shape index (κ3) is 4.55. The summed E-state index contributed by atoms with van der Waals surface area (Å²) < 4.78 is 6.16. The van der Waals surface area contributed by atoms with Gasteiger partial charge in [0.1, 0.15) is 0 Å². The van der Waals surface area contributed by atoms with Crippen molar-refractivity contribution >= 4 is 8.32 Å². The maximum absolute atomic E-state index is 6.16. The smallest absolute Gasteiger partial charge is 0.192 e. The molecule has 0 spiro atoms. The van der Waals surface area contributed by atoms with E-state index in [0.717, 1.165) is 19.7 Å². The van der Waals surface area contributed by atoms with Gasteiger partial charge in [0.25, 0.3) is 0 Å². The Balaban J connectivity index is 2.29. The van der Waals surface area contributed by atoms with Crippen molar-refractivity contribution in [3.63, 3.8) is 0 Å². The minimum absolute atomic E-state index is 0.288. The minimum atomic E-state index is -1.60. The van der Waals surface area contributed by atoms with Crippen LogP contribution in [0.15, 0.2) is 12.4 Å². The van der Waals surface area contributed by atoms with Gasteiger partial charge in [-0.3, -0.25) is 10.00 Å². The predicted octanol–water partition coefficient (Wildman–Crippen LogP) is 2.86. The Bertz CT molecular complexity index is 344. The molecule has 0 aliphatic rings. The van der Waals surface area contributed by atoms with Gasteiger partial charge in [0, 0.05) is 31.5 Å². The van der Waals surface area contributed by atoms with E-state index in [9.17, 15) is 0 Å². The zero-order chi connectivity index (χ0) is 13.8. The van der Waals surface area contributed by atoms with E-state index in [-0.39, 0.29) is 5.04 Å². The normalized spacial score (nSPS) is 13.3. The van der Waals surface area contributed by atoms with E-state index in [1.807, 2.05) is 12.4 Å². The van der Waals surface area contributed by atoms with Gasteiger partial charge in [-0.2, -0.15) is 5.10 Å². The summed E-state index contributed by atoms with van der Waals surface area (Å²) >= 11 is 0. The number of nitrogens with zero attached hydrogens (tertiary/aromatic N) is 2. The highest BCUT2D eigenvalue weighted by atomic mass is 28.4. The molecular formula is C13H27N3OSi. The van der Waals surface area contributed by atoms with Crippen LogP contribution in [-0.2, 0) is 11.0 Å². The summed E-state index contributed by atoms with van der Waals surface area (Å²) in [6.45, 7) is 14.1. The van der Waals surface area contributed by atoms with Crippen LogP contribution in [0.1, 0.15) is 26.3 Å². The highest BCUT2D eigenvalue weighted by Gasteiger charge is 2.36. The second-order valence-electron chi connectivity index (χ2n) is 6.45. The fourth-order valence-electron chi connectivity index (χ4n) is 1.43. The lowest BCUT2D eigenvalue weighted by atomic mass is 10.2. The Morgan fingerprint density at radius 2 is 2.06 bits per heavy atom. The average molecular weight is 269 g/mol. The Hall–Kier alpha value is -0.653. The monoisotopic (exact) mass is 269 g/mol. The zero-order valence-corrected chi connectivity index (χ0v) is 13.6. The summed E-state index contributed by atoms with van der Waals surface area (Å²) in [7, 11) is 0.517. The molecule has 5 heteroatoms. The number of likely N-dealkylation sites (N-methyl/N-ethyl adjacent to an activating group) is 1. The van der Waals surface area contributed by atoms with E-state index in [1.54, 1.807) is 0 Å². The number of nitrogens with one attached hydrogen (secondary N) is 1. The molecule has 0 saturated heterocycles. The van der Waals surface area contributed by atoms with E-state index in [0.29, 0.717) is 0 Å². The van der Waals surface area contributed by atoms with Crippen molar-refractivity contribution < 1.29 is 4.43 Å². The van der Waals surface area contributed by atoms with Gasteiger partial charge in [-0.05, 0) is 25.2 Å². The number of H-pyrrole nitrogens is 1. The van der Waals surface area contributed by atoms with Gasteiger partial charge in [-0.1, -0.05) is 20.8 Å². The lowest BCUT2D eigenvalue weighted by Gasteiger charge is -2.36. The van der Waals surface area contributed by atoms with Crippen molar-refractivity contribution in [3.8, 4) is 0 Å². The molecule has 0 aromatic carbocycles. The molecular weight excluding hydrogens is 242 g/mol. The van der Waals surface area contributed by atoms with Gasteiger partial charge in [-0.15, -0.1) is 0 Å². The average Bonchev–Trinajstić information content (AvgIpc) is 2.68. The predicted molar refractivity (Wildman–Crippen MR) is 78.1 cm³/mol. The topological polar surface area (TPSA) is 41.1 Å². The first-order valence-corrected chi connectivity index (χ1v) is 9.43. The molecule has 104 valence electrons. The van der Waals surface area contributed by atoms with Crippen LogP contribution in [-0.4, -0.2) is 43.6 Å². The van der Waals surface area contributed by atoms with Gasteiger partial charge < -0.3 is 4.43 Å². The number of rotatable bonds is 6. The molecule has 0 aliphatic carbocycles. The van der Waals surface area contributed by atoms with E-state index in [1.165, 1.54) is 5.56 Å². The van der Waals surface area contributed by atoms with E-state index in [4.69, 9.17) is 4.43 Å². The van der Waals surface area contributed by atoms with Gasteiger partial charge in [0.05, 0.1) is 6.20 Å². The highest BCUT2D eigenvalue weighted by Crippen LogP contribution is 2.36. The fraction of sp³-hybridized carbons (Fsp3) is 0.769. The van der Waals surface area contributed by atoms with Crippen LogP contribution in [0.2, 0.25) is 18.1 Å². The van der Waals surface area contributed by atoms with Gasteiger partial charge >= 0.3 is 0 Å². The summed E-state index contributed by atoms with van der Waals surface area (Å²) in [5, 5.41) is 7.07. The maximum atomic E-state index is 6.16. The molecule has 0 amide bonds. The van der Waals surface area contributed by atoms with Crippen LogP contribution in [0.5, 0.6) is 0 Å². The molecule has 0 fully saturated rings. The van der Waals surface area contributed by atoms with Crippen molar-refractivity contribution in [1.29, 1.82) is 0 Å². The number of hydrogen-bond acceptors (Lipinski definition) is 3. The quantitative estimate of drug-likeness (QED) is 0.807. The second kappa shape index (κ2) is 5.99. The van der Waals surface area contributed by atoms with Gasteiger partial charge in [0.2, 0.25) is 0 Å². The molecule has 18 heavy (non-hydrogen) atoms. The van der Waals surface area contributed by atoms with E-state index >= 15 is 0 Å². The van der Waals surface area contributed by atoms with Crippen molar-refractivity contribution in [1.82, 2.24) is 15.1 Å². The Morgan fingerprint density at radius 1 is 1.39 bits per heavy atom. The number of aromatic nitrogens is 2. The van der Waals surface area contributed by atoms with Crippen LogP contribution in [0.4, 0.5) is 0 Å². The molecule has 0 atom stereocenters. The Labute approximate surface area is 112 Å². The number of aromatic amines is 1. The summed E-state index contributed by atoms with van der Waals surface area (Å²) in [5.74, 6) is 0. The Morgan fingerprint density at radius 3 is 2.56 bits per heavy atom. The van der Waals surface area contributed by atoms with Crippen molar-refractivity contribution in [2.24, 2.45) is 0 Å². The third-order valence-corrected chi connectivity index (χ3v) is 8.29. The maximum Gasteiger partial charge on any atom is 0.192 e. The summed E-state index contributed by atoms with van der Waals surface area (Å²) in [6.07, 6.45) is 3.80. The van der Waals surface area contributed by atoms with Crippen LogP contribution in [0.25, 0.3) is 0 Å². The first-order chi connectivity index (χ1) is 8.22. The fourth-order valence-corrected chi connectivity index (χ4v) is 2.46. The van der Waals surface area contributed by atoms with Crippen LogP contribution in [0.3, 0.4) is 0 Å². The van der Waals surface area contributed by atoms with Crippen LogP contribution < -0.4 is 0 Å². The van der Waals surface area contributed by atoms with Crippen molar-refractivity contribution in [2.75, 3.05) is 20.2 Å². The SMILES string of the molecule is CN(CCO[Si](C)(C)C(C)(C)C)Cc1cn[nH]c1. The lowest BCUT2D eigenvalue weighted by molar-refractivity contribution is 0.218. The van der Waals surface area contributed by atoms with Gasteiger partial charge in [0.15, 0.2) is 8.32 Å². The summed E-state index contributed by atoms with van der Waals surface area (Å²) in [4.78, 5) is 2.26. The molecule has 1 aromatic heterocycles. The van der Waals surface area contributed by atoms with E-state index < -0.39 is 8.32 Å². The third-order valence-electron chi connectivity index (χ3n) is 3.75. The molecule has 0 radical (unpaired) electrons. The molecule has 1 rings (SSSR count). The van der Waals surface area contributed by atoms with Crippen LogP contribution >= 0.6 is 0 Å². The summed E-state index contributed by atoms with van der Waals surface area (Å²) in [5.41, 5.74) is 1.21. The van der Waals surface area contributed by atoms with Crippen molar-refractivity contribution in [2.45, 2.75) is 45.4 Å². The summed E-state index contributed by atoms with van der Waals surface area (Å²) in [6, 6.07) is 0. The first kappa shape index (κ1) is 15.4. The molecule has 1 N–H and O–H groups in total. The van der Waals surface area contributed by atoms with Gasteiger partial charge in [-0.25, -0.2) is 0 Å². The second-order valence-corrected chi connectivity index (χ2v) is 11.3. The first-order valence-electron chi connectivity index (χ1n) is 6.52. The lowest BCUT2D eigenvalue weighted by Crippen LogP contribution is -2.42. The minimum Gasteiger partial charge on any atom is -0.416 e.